The van der Waals surface area contributed by atoms with Crippen molar-refractivity contribution in [2.24, 2.45) is 0 Å². The zero-order valence-electron chi connectivity index (χ0n) is 18.1. The minimum Gasteiger partial charge on any atom is -0.494 e. The number of anilines is 1. The molecule has 0 saturated heterocycles. The molecule has 1 atom stereocenters. The monoisotopic (exact) mass is 506 g/mol. The Morgan fingerprint density at radius 3 is 2.27 bits per heavy atom. The van der Waals surface area contributed by atoms with Gasteiger partial charge in [-0.3, -0.25) is 4.79 Å². The molecule has 2 N–H and O–H groups in total. The second-order valence-electron chi connectivity index (χ2n) is 7.31. The summed E-state index contributed by atoms with van der Waals surface area (Å²) in [6, 6.07) is 17.4. The van der Waals surface area contributed by atoms with Gasteiger partial charge in [0, 0.05) is 0 Å². The topological polar surface area (TPSA) is 84.5 Å². The van der Waals surface area contributed by atoms with Gasteiger partial charge in [0.05, 0.1) is 27.2 Å². The van der Waals surface area contributed by atoms with Gasteiger partial charge in [-0.2, -0.15) is 4.72 Å². The maximum atomic E-state index is 13.2. The maximum Gasteiger partial charge on any atom is 0.242 e. The average Bonchev–Trinajstić information content (AvgIpc) is 2.78. The predicted octanol–water partition coefficient (Wildman–Crippen LogP) is 5.23. The first kappa shape index (κ1) is 25.1. The van der Waals surface area contributed by atoms with E-state index in [1.165, 1.54) is 12.1 Å². The smallest absolute Gasteiger partial charge is 0.242 e. The number of carbonyl (C=O) groups is 1. The molecule has 0 spiro atoms. The zero-order chi connectivity index (χ0) is 24.0. The van der Waals surface area contributed by atoms with Crippen LogP contribution >= 0.6 is 23.2 Å². The van der Waals surface area contributed by atoms with Crippen LogP contribution in [0.2, 0.25) is 10.0 Å². The van der Waals surface area contributed by atoms with E-state index in [9.17, 15) is 13.2 Å². The normalized spacial score (nSPS) is 12.2. The third kappa shape index (κ3) is 6.48. The van der Waals surface area contributed by atoms with E-state index in [4.69, 9.17) is 27.9 Å². The van der Waals surface area contributed by atoms with Crippen LogP contribution in [0.4, 0.5) is 5.69 Å². The van der Waals surface area contributed by atoms with Crippen molar-refractivity contribution in [3.63, 3.8) is 0 Å². The second kappa shape index (κ2) is 11.0. The Morgan fingerprint density at radius 2 is 1.67 bits per heavy atom. The fraction of sp³-hybridized carbons (Fsp3) is 0.208. The van der Waals surface area contributed by atoms with Crippen molar-refractivity contribution in [1.29, 1.82) is 0 Å². The van der Waals surface area contributed by atoms with E-state index >= 15 is 0 Å². The zero-order valence-corrected chi connectivity index (χ0v) is 20.5. The van der Waals surface area contributed by atoms with Gasteiger partial charge in [-0.05, 0) is 61.7 Å². The molecule has 0 aliphatic rings. The Bertz CT molecular complexity index is 1210. The van der Waals surface area contributed by atoms with Crippen LogP contribution in [0, 0.1) is 6.92 Å². The first-order valence-corrected chi connectivity index (χ1v) is 12.5. The molecule has 0 unspecified atom stereocenters. The van der Waals surface area contributed by atoms with Crippen LogP contribution in [0.5, 0.6) is 5.75 Å². The molecule has 0 aliphatic carbocycles. The van der Waals surface area contributed by atoms with Crippen molar-refractivity contribution in [2.75, 3.05) is 11.9 Å². The van der Waals surface area contributed by atoms with Gasteiger partial charge in [0.1, 0.15) is 11.8 Å². The Morgan fingerprint density at radius 1 is 1.00 bits per heavy atom. The molecule has 3 aromatic rings. The minimum absolute atomic E-state index is 0.0325. The first-order valence-electron chi connectivity index (χ1n) is 10.3. The van der Waals surface area contributed by atoms with Crippen LogP contribution in [0.15, 0.2) is 71.6 Å². The minimum atomic E-state index is -4.02. The third-order valence-electron chi connectivity index (χ3n) is 4.86. The number of rotatable bonds is 9. The Kier molecular flexibility index (Phi) is 8.37. The van der Waals surface area contributed by atoms with E-state index in [1.807, 2.05) is 37.3 Å². The lowest BCUT2D eigenvalue weighted by atomic mass is 10.1. The van der Waals surface area contributed by atoms with Gasteiger partial charge >= 0.3 is 0 Å². The molecule has 0 heterocycles. The lowest BCUT2D eigenvalue weighted by molar-refractivity contribution is -0.117. The number of hydrogen-bond acceptors (Lipinski definition) is 4. The van der Waals surface area contributed by atoms with E-state index in [1.54, 1.807) is 31.2 Å². The Balaban J connectivity index is 1.90. The van der Waals surface area contributed by atoms with Crippen LogP contribution in [-0.4, -0.2) is 27.0 Å². The lowest BCUT2D eigenvalue weighted by Crippen LogP contribution is -2.45. The molecule has 0 bridgehead atoms. The molecule has 3 rings (SSSR count). The standard InChI is InChI=1S/C24H24Cl2N2O4S/c1-3-32-22-13-12-18(14-16(22)2)33(30,31)28-21(15-17-8-5-4-6-9-17)24(29)27-23-19(25)10-7-11-20(23)26/h4-14,21,28H,3,15H2,1-2H3,(H,27,29)/t21-/m1/s1. The van der Waals surface area contributed by atoms with Gasteiger partial charge in [0.25, 0.3) is 0 Å². The van der Waals surface area contributed by atoms with Crippen molar-refractivity contribution >= 4 is 44.8 Å². The highest BCUT2D eigenvalue weighted by atomic mass is 35.5. The van der Waals surface area contributed by atoms with E-state index in [-0.39, 0.29) is 27.0 Å². The van der Waals surface area contributed by atoms with Gasteiger partial charge in [0.15, 0.2) is 0 Å². The summed E-state index contributed by atoms with van der Waals surface area (Å²) in [6.07, 6.45) is 0.129. The van der Waals surface area contributed by atoms with Crippen LogP contribution in [0.25, 0.3) is 0 Å². The largest absolute Gasteiger partial charge is 0.494 e. The molecular formula is C24H24Cl2N2O4S. The summed E-state index contributed by atoms with van der Waals surface area (Å²) in [5, 5.41) is 3.16. The van der Waals surface area contributed by atoms with Gasteiger partial charge in [-0.15, -0.1) is 0 Å². The van der Waals surface area contributed by atoms with Crippen molar-refractivity contribution in [2.45, 2.75) is 31.2 Å². The summed E-state index contributed by atoms with van der Waals surface area (Å²) < 4.78 is 34.3. The lowest BCUT2D eigenvalue weighted by Gasteiger charge is -2.20. The molecule has 0 fully saturated rings. The van der Waals surface area contributed by atoms with E-state index in [0.29, 0.717) is 17.9 Å². The van der Waals surface area contributed by atoms with Gasteiger partial charge in [0.2, 0.25) is 15.9 Å². The molecule has 3 aromatic carbocycles. The number of nitrogens with one attached hydrogen (secondary N) is 2. The molecule has 0 aliphatic heterocycles. The molecule has 1 amide bonds. The van der Waals surface area contributed by atoms with Crippen LogP contribution in [0.3, 0.4) is 0 Å². The number of halogens is 2. The van der Waals surface area contributed by atoms with Crippen molar-refractivity contribution in [3.05, 3.63) is 87.9 Å². The average molecular weight is 507 g/mol. The molecule has 33 heavy (non-hydrogen) atoms. The van der Waals surface area contributed by atoms with Crippen LogP contribution < -0.4 is 14.8 Å². The molecule has 6 nitrogen and oxygen atoms in total. The third-order valence-corrected chi connectivity index (χ3v) is 6.96. The SMILES string of the molecule is CCOc1ccc(S(=O)(=O)N[C@H](Cc2ccccc2)C(=O)Nc2c(Cl)cccc2Cl)cc1C. The van der Waals surface area contributed by atoms with Gasteiger partial charge < -0.3 is 10.1 Å². The number of aryl methyl sites for hydroxylation is 1. The second-order valence-corrected chi connectivity index (χ2v) is 9.84. The molecular weight excluding hydrogens is 483 g/mol. The van der Waals surface area contributed by atoms with Crippen LogP contribution in [-0.2, 0) is 21.2 Å². The summed E-state index contributed by atoms with van der Waals surface area (Å²) in [5.41, 5.74) is 1.68. The molecule has 0 saturated carbocycles. The number of carbonyl (C=O) groups excluding carboxylic acids is 1. The molecule has 0 radical (unpaired) electrons. The van der Waals surface area contributed by atoms with Gasteiger partial charge in [-0.25, -0.2) is 8.42 Å². The maximum absolute atomic E-state index is 13.2. The summed E-state index contributed by atoms with van der Waals surface area (Å²) in [5.74, 6) is 0.0171. The van der Waals surface area contributed by atoms with E-state index < -0.39 is 22.0 Å². The number of hydrogen-bond donors (Lipinski definition) is 2. The van der Waals surface area contributed by atoms with Crippen LogP contribution in [0.1, 0.15) is 18.1 Å². The fourth-order valence-corrected chi connectivity index (χ4v) is 5.00. The highest BCUT2D eigenvalue weighted by molar-refractivity contribution is 7.89. The quantitative estimate of drug-likeness (QED) is 0.416. The van der Waals surface area contributed by atoms with E-state index in [0.717, 1.165) is 5.56 Å². The highest BCUT2D eigenvalue weighted by Gasteiger charge is 2.27. The summed E-state index contributed by atoms with van der Waals surface area (Å²) in [6.45, 7) is 4.08. The summed E-state index contributed by atoms with van der Waals surface area (Å²) >= 11 is 12.4. The van der Waals surface area contributed by atoms with Crippen molar-refractivity contribution < 1.29 is 17.9 Å². The molecule has 0 aromatic heterocycles. The predicted molar refractivity (Wildman–Crippen MR) is 132 cm³/mol. The first-order chi connectivity index (χ1) is 15.7. The summed E-state index contributed by atoms with van der Waals surface area (Å²) in [4.78, 5) is 13.2. The number of amides is 1. The number of sulfonamides is 1. The fourth-order valence-electron chi connectivity index (χ4n) is 3.23. The van der Waals surface area contributed by atoms with Crippen molar-refractivity contribution in [3.8, 4) is 5.75 Å². The molecule has 174 valence electrons. The van der Waals surface area contributed by atoms with Crippen molar-refractivity contribution in [1.82, 2.24) is 4.72 Å². The van der Waals surface area contributed by atoms with E-state index in [2.05, 4.69) is 10.0 Å². The molecule has 9 heteroatoms. The highest BCUT2D eigenvalue weighted by Crippen LogP contribution is 2.30. The Hall–Kier alpha value is -2.58. The number of benzene rings is 3. The number of ether oxygens (including phenoxy) is 1. The number of para-hydroxylation sites is 1. The summed E-state index contributed by atoms with van der Waals surface area (Å²) in [7, 11) is -4.02. The van der Waals surface area contributed by atoms with Gasteiger partial charge in [-0.1, -0.05) is 59.6 Å². The Labute approximate surface area is 203 Å².